The molecule has 0 spiro atoms. The molecule has 0 aromatic rings. The molecule has 0 aromatic heterocycles. The van der Waals surface area contributed by atoms with Crippen LogP contribution in [0.4, 0.5) is 0 Å². The third-order valence-electron chi connectivity index (χ3n) is 3.15. The summed E-state index contributed by atoms with van der Waals surface area (Å²) in [4.78, 5) is 11.5. The Bertz CT molecular complexity index is 217. The first kappa shape index (κ1) is 13.5. The third-order valence-corrected chi connectivity index (χ3v) is 3.15. The van der Waals surface area contributed by atoms with E-state index in [0.29, 0.717) is 6.42 Å². The maximum atomic E-state index is 11.5. The van der Waals surface area contributed by atoms with E-state index in [1.54, 1.807) is 0 Å². The van der Waals surface area contributed by atoms with Crippen LogP contribution in [0.2, 0.25) is 0 Å². The fourth-order valence-electron chi connectivity index (χ4n) is 2.33. The van der Waals surface area contributed by atoms with Crippen molar-refractivity contribution in [2.75, 3.05) is 0 Å². The maximum Gasteiger partial charge on any atom is 0.311 e. The highest BCUT2D eigenvalue weighted by Crippen LogP contribution is 2.34. The van der Waals surface area contributed by atoms with Crippen molar-refractivity contribution in [2.45, 2.75) is 77.6 Å². The van der Waals surface area contributed by atoms with Gasteiger partial charge in [0, 0.05) is 0 Å². The van der Waals surface area contributed by atoms with Crippen LogP contribution in [-0.2, 0) is 14.3 Å². The van der Waals surface area contributed by atoms with E-state index < -0.39 is 0 Å². The molecule has 0 amide bonds. The van der Waals surface area contributed by atoms with Gasteiger partial charge in [-0.05, 0) is 19.8 Å². The Hall–Kier alpha value is -0.570. The van der Waals surface area contributed by atoms with Crippen molar-refractivity contribution in [1.82, 2.24) is 0 Å². The maximum absolute atomic E-state index is 11.5. The zero-order chi connectivity index (χ0) is 12.0. The third kappa shape index (κ3) is 3.78. The quantitative estimate of drug-likeness (QED) is 0.653. The predicted octanol–water partition coefficient (Wildman–Crippen LogP) is 3.42. The summed E-state index contributed by atoms with van der Waals surface area (Å²) in [6.07, 6.45) is 6.51. The van der Waals surface area contributed by atoms with Gasteiger partial charge in [-0.1, -0.05) is 39.5 Å². The molecule has 1 aliphatic rings. The lowest BCUT2D eigenvalue weighted by Crippen LogP contribution is -2.45. The second-order valence-electron chi connectivity index (χ2n) is 4.74. The van der Waals surface area contributed by atoms with Gasteiger partial charge < -0.3 is 9.47 Å². The van der Waals surface area contributed by atoms with E-state index in [1.807, 2.05) is 6.92 Å². The van der Waals surface area contributed by atoms with E-state index in [4.69, 9.17) is 9.47 Å². The van der Waals surface area contributed by atoms with Crippen LogP contribution in [0.3, 0.4) is 0 Å². The number of hydrogen-bond donors (Lipinski definition) is 0. The fourth-order valence-corrected chi connectivity index (χ4v) is 2.33. The SMILES string of the molecule is CCCCC1(CCCC)CC(=O)OC(C)O1. The van der Waals surface area contributed by atoms with E-state index in [1.165, 1.54) is 0 Å². The summed E-state index contributed by atoms with van der Waals surface area (Å²) in [7, 11) is 0. The van der Waals surface area contributed by atoms with Crippen LogP contribution in [0, 0.1) is 0 Å². The van der Waals surface area contributed by atoms with Crippen LogP contribution in [0.5, 0.6) is 0 Å². The van der Waals surface area contributed by atoms with Gasteiger partial charge in [-0.15, -0.1) is 0 Å². The van der Waals surface area contributed by atoms with Crippen LogP contribution in [0.25, 0.3) is 0 Å². The van der Waals surface area contributed by atoms with E-state index in [-0.39, 0.29) is 17.9 Å². The molecular formula is C13H24O3. The van der Waals surface area contributed by atoms with Gasteiger partial charge in [0.1, 0.15) is 0 Å². The Kier molecular flexibility index (Phi) is 5.26. The number of carbonyl (C=O) groups excluding carboxylic acids is 1. The molecule has 1 heterocycles. The molecule has 1 atom stereocenters. The molecule has 0 bridgehead atoms. The van der Waals surface area contributed by atoms with Crippen molar-refractivity contribution in [3.63, 3.8) is 0 Å². The molecule has 0 aliphatic carbocycles. The van der Waals surface area contributed by atoms with Gasteiger partial charge in [-0.25, -0.2) is 0 Å². The molecule has 1 fully saturated rings. The predicted molar refractivity (Wildman–Crippen MR) is 63.0 cm³/mol. The molecule has 16 heavy (non-hydrogen) atoms. The summed E-state index contributed by atoms with van der Waals surface area (Å²) in [6.45, 7) is 6.14. The Morgan fingerprint density at radius 1 is 1.25 bits per heavy atom. The second-order valence-corrected chi connectivity index (χ2v) is 4.74. The summed E-state index contributed by atoms with van der Waals surface area (Å²) in [5.74, 6) is -0.106. The van der Waals surface area contributed by atoms with Gasteiger partial charge >= 0.3 is 5.97 Å². The van der Waals surface area contributed by atoms with E-state index in [9.17, 15) is 4.79 Å². The van der Waals surface area contributed by atoms with Gasteiger partial charge in [0.05, 0.1) is 12.0 Å². The number of unbranched alkanes of at least 4 members (excludes halogenated alkanes) is 2. The highest BCUT2D eigenvalue weighted by atomic mass is 16.7. The highest BCUT2D eigenvalue weighted by molar-refractivity contribution is 5.71. The standard InChI is InChI=1S/C13H24O3/c1-4-6-8-13(9-7-5-2)10-12(14)15-11(3)16-13/h11H,4-10H2,1-3H3. The highest BCUT2D eigenvalue weighted by Gasteiger charge is 2.39. The minimum Gasteiger partial charge on any atom is -0.436 e. The van der Waals surface area contributed by atoms with Crippen LogP contribution >= 0.6 is 0 Å². The lowest BCUT2D eigenvalue weighted by atomic mass is 9.87. The number of cyclic esters (lactones) is 1. The first-order chi connectivity index (χ1) is 7.62. The van der Waals surface area contributed by atoms with Crippen molar-refractivity contribution in [3.05, 3.63) is 0 Å². The van der Waals surface area contributed by atoms with Gasteiger partial charge in [-0.2, -0.15) is 0 Å². The molecular weight excluding hydrogens is 204 g/mol. The summed E-state index contributed by atoms with van der Waals surface area (Å²) in [6, 6.07) is 0. The van der Waals surface area contributed by atoms with E-state index in [0.717, 1.165) is 38.5 Å². The van der Waals surface area contributed by atoms with Crippen molar-refractivity contribution < 1.29 is 14.3 Å². The van der Waals surface area contributed by atoms with E-state index in [2.05, 4.69) is 13.8 Å². The van der Waals surface area contributed by atoms with Gasteiger partial charge in [0.2, 0.25) is 6.29 Å². The van der Waals surface area contributed by atoms with E-state index >= 15 is 0 Å². The number of rotatable bonds is 6. The molecule has 3 heteroatoms. The average molecular weight is 228 g/mol. The van der Waals surface area contributed by atoms with Gasteiger partial charge in [-0.3, -0.25) is 4.79 Å². The first-order valence-corrected chi connectivity index (χ1v) is 6.49. The Balaban J connectivity index is 2.63. The molecule has 94 valence electrons. The normalized spacial score (nSPS) is 24.2. The number of ether oxygens (including phenoxy) is 2. The molecule has 1 unspecified atom stereocenters. The van der Waals surface area contributed by atoms with Crippen LogP contribution in [0.1, 0.15) is 65.7 Å². The molecule has 1 saturated heterocycles. The van der Waals surface area contributed by atoms with Crippen LogP contribution < -0.4 is 0 Å². The molecule has 0 saturated carbocycles. The minimum absolute atomic E-state index is 0.106. The molecule has 3 nitrogen and oxygen atoms in total. The van der Waals surface area contributed by atoms with Crippen molar-refractivity contribution in [2.24, 2.45) is 0 Å². The smallest absolute Gasteiger partial charge is 0.311 e. The van der Waals surface area contributed by atoms with Crippen LogP contribution in [-0.4, -0.2) is 17.9 Å². The summed E-state index contributed by atoms with van der Waals surface area (Å²) >= 11 is 0. The van der Waals surface area contributed by atoms with Gasteiger partial charge in [0.25, 0.3) is 0 Å². The zero-order valence-electron chi connectivity index (χ0n) is 10.8. The second kappa shape index (κ2) is 6.24. The minimum atomic E-state index is -0.380. The Labute approximate surface area is 98.5 Å². The molecule has 1 rings (SSSR count). The number of hydrogen-bond acceptors (Lipinski definition) is 3. The monoisotopic (exact) mass is 228 g/mol. The first-order valence-electron chi connectivity index (χ1n) is 6.49. The summed E-state index contributed by atoms with van der Waals surface area (Å²) in [5.41, 5.74) is -0.249. The van der Waals surface area contributed by atoms with Crippen molar-refractivity contribution in [1.29, 1.82) is 0 Å². The van der Waals surface area contributed by atoms with Crippen molar-refractivity contribution in [3.8, 4) is 0 Å². The Morgan fingerprint density at radius 3 is 2.25 bits per heavy atom. The Morgan fingerprint density at radius 2 is 1.81 bits per heavy atom. The average Bonchev–Trinajstić information content (AvgIpc) is 2.22. The molecule has 0 N–H and O–H groups in total. The summed E-state index contributed by atoms with van der Waals surface area (Å²) in [5, 5.41) is 0. The number of carbonyl (C=O) groups is 1. The molecule has 0 aromatic carbocycles. The van der Waals surface area contributed by atoms with Gasteiger partial charge in [0.15, 0.2) is 0 Å². The van der Waals surface area contributed by atoms with Crippen molar-refractivity contribution >= 4 is 5.97 Å². The lowest BCUT2D eigenvalue weighted by molar-refractivity contribution is -0.243. The fraction of sp³-hybridized carbons (Fsp3) is 0.923. The summed E-state index contributed by atoms with van der Waals surface area (Å²) < 4.78 is 10.9. The van der Waals surface area contributed by atoms with Crippen LogP contribution in [0.15, 0.2) is 0 Å². The topological polar surface area (TPSA) is 35.5 Å². The largest absolute Gasteiger partial charge is 0.436 e. The number of esters is 1. The molecule has 0 radical (unpaired) electrons. The lowest BCUT2D eigenvalue weighted by Gasteiger charge is -2.39. The molecule has 1 aliphatic heterocycles. The zero-order valence-corrected chi connectivity index (χ0v) is 10.8.